The van der Waals surface area contributed by atoms with Gasteiger partial charge in [0.25, 0.3) is 6.47 Å². The Morgan fingerprint density at radius 3 is 2.42 bits per heavy atom. The largest absolute Gasteiger partial charge is 0.493 e. The lowest BCUT2D eigenvalue weighted by Crippen LogP contribution is -2.05. The van der Waals surface area contributed by atoms with Crippen molar-refractivity contribution < 1.29 is 24.2 Å². The summed E-state index contributed by atoms with van der Waals surface area (Å²) in [7, 11) is 0. The third-order valence-corrected chi connectivity index (χ3v) is 5.91. The number of fused-ring (bicyclic) bond motifs is 5. The summed E-state index contributed by atoms with van der Waals surface area (Å²) >= 11 is 0. The molecule has 0 saturated carbocycles. The number of carboxylic acids is 1. The van der Waals surface area contributed by atoms with Gasteiger partial charge in [0, 0.05) is 16.5 Å². The maximum Gasteiger partial charge on any atom is 0.336 e. The summed E-state index contributed by atoms with van der Waals surface area (Å²) in [6.45, 7) is 4.56. The van der Waals surface area contributed by atoms with Crippen LogP contribution in [-0.4, -0.2) is 24.2 Å². The molecule has 5 rings (SSSR count). The molecule has 0 bridgehead atoms. The smallest absolute Gasteiger partial charge is 0.336 e. The lowest BCUT2D eigenvalue weighted by Gasteiger charge is -2.28. The highest BCUT2D eigenvalue weighted by molar-refractivity contribution is 6.16. The minimum atomic E-state index is -1.02. The Bertz CT molecular complexity index is 1430. The molecule has 5 heteroatoms. The summed E-state index contributed by atoms with van der Waals surface area (Å²) in [4.78, 5) is 23.2. The highest BCUT2D eigenvalue weighted by Crippen LogP contribution is 2.55. The second-order valence-corrected chi connectivity index (χ2v) is 7.72. The molecule has 0 aromatic heterocycles. The highest BCUT2D eigenvalue weighted by atomic mass is 16.5. The molecule has 4 aromatic carbocycles. The van der Waals surface area contributed by atoms with Gasteiger partial charge < -0.3 is 14.6 Å². The number of carboxylic acid groups (broad SMARTS) is 1. The van der Waals surface area contributed by atoms with Crippen molar-refractivity contribution in [2.24, 2.45) is 0 Å². The Morgan fingerprint density at radius 2 is 1.67 bits per heavy atom. The van der Waals surface area contributed by atoms with Crippen LogP contribution in [0.15, 0.2) is 79.4 Å². The molecule has 0 fully saturated rings. The zero-order valence-corrected chi connectivity index (χ0v) is 17.7. The van der Waals surface area contributed by atoms with E-state index in [0.717, 1.165) is 38.8 Å². The van der Waals surface area contributed by atoms with Gasteiger partial charge in [-0.15, -0.1) is 6.58 Å². The van der Waals surface area contributed by atoms with Crippen LogP contribution in [-0.2, 0) is 4.79 Å². The Balaban J connectivity index is 1.75. The molecule has 0 unspecified atom stereocenters. The molecule has 0 aliphatic heterocycles. The van der Waals surface area contributed by atoms with E-state index in [2.05, 4.69) is 12.6 Å². The predicted molar refractivity (Wildman–Crippen MR) is 128 cm³/mol. The molecule has 0 saturated heterocycles. The Hall–Kier alpha value is -4.38. The van der Waals surface area contributed by atoms with Crippen molar-refractivity contribution >= 4 is 23.2 Å². The Kier molecular flexibility index (Phi) is 5.15. The average Bonchev–Trinajstić information content (AvgIpc) is 2.82. The third-order valence-electron chi connectivity index (χ3n) is 5.91. The van der Waals surface area contributed by atoms with Gasteiger partial charge in [-0.3, -0.25) is 4.79 Å². The standard InChI is InChI=1S/C28H20O5/c1-2-3-14-32-17-8-9-19-22(10-11-23(28(30)31)24(19)15-17)27-25(33-16-29)13-12-21-18-6-4-5-7-20(18)26(21)27/h2,4-13,15-16H,1,3,14H2,(H,30,31). The molecule has 0 spiro atoms. The van der Waals surface area contributed by atoms with Gasteiger partial charge in [-0.25, -0.2) is 4.79 Å². The first-order chi connectivity index (χ1) is 16.1. The molecule has 1 N–H and O–H groups in total. The highest BCUT2D eigenvalue weighted by Gasteiger charge is 2.29. The van der Waals surface area contributed by atoms with Crippen LogP contribution in [0.2, 0.25) is 0 Å². The van der Waals surface area contributed by atoms with Crippen LogP contribution in [0.5, 0.6) is 11.5 Å². The molecule has 4 aromatic rings. The molecule has 0 heterocycles. The van der Waals surface area contributed by atoms with E-state index >= 15 is 0 Å². The van der Waals surface area contributed by atoms with Gasteiger partial charge in [-0.1, -0.05) is 42.5 Å². The van der Waals surface area contributed by atoms with E-state index in [9.17, 15) is 14.7 Å². The molecular formula is C28H20O5. The van der Waals surface area contributed by atoms with Crippen molar-refractivity contribution in [1.29, 1.82) is 0 Å². The molecule has 0 atom stereocenters. The van der Waals surface area contributed by atoms with Crippen LogP contribution in [0.4, 0.5) is 0 Å². The fraction of sp³-hybridized carbons (Fsp3) is 0.0714. The second kappa shape index (κ2) is 8.28. The summed E-state index contributed by atoms with van der Waals surface area (Å²) < 4.78 is 11.1. The number of carbonyl (C=O) groups excluding carboxylic acids is 1. The number of hydrogen-bond acceptors (Lipinski definition) is 4. The van der Waals surface area contributed by atoms with Crippen LogP contribution >= 0.6 is 0 Å². The molecule has 162 valence electrons. The molecule has 0 amide bonds. The molecule has 0 radical (unpaired) electrons. The van der Waals surface area contributed by atoms with Crippen molar-refractivity contribution in [3.8, 4) is 44.9 Å². The van der Waals surface area contributed by atoms with Gasteiger partial charge in [0.1, 0.15) is 11.5 Å². The van der Waals surface area contributed by atoms with Crippen LogP contribution < -0.4 is 9.47 Å². The van der Waals surface area contributed by atoms with Gasteiger partial charge >= 0.3 is 5.97 Å². The molecule has 33 heavy (non-hydrogen) atoms. The minimum Gasteiger partial charge on any atom is -0.493 e. The van der Waals surface area contributed by atoms with E-state index in [1.165, 1.54) is 0 Å². The monoisotopic (exact) mass is 436 g/mol. The molecule has 5 nitrogen and oxygen atoms in total. The maximum atomic E-state index is 12.0. The zero-order valence-electron chi connectivity index (χ0n) is 17.7. The normalized spacial score (nSPS) is 11.2. The summed E-state index contributed by atoms with van der Waals surface area (Å²) in [5, 5.41) is 11.1. The summed E-state index contributed by atoms with van der Waals surface area (Å²) in [6.07, 6.45) is 2.45. The first-order valence-electron chi connectivity index (χ1n) is 10.5. The number of rotatable bonds is 8. The maximum absolute atomic E-state index is 12.0. The van der Waals surface area contributed by atoms with Crippen LogP contribution in [0, 0.1) is 0 Å². The number of hydrogen-bond donors (Lipinski definition) is 1. The van der Waals surface area contributed by atoms with Crippen molar-refractivity contribution in [3.63, 3.8) is 0 Å². The van der Waals surface area contributed by atoms with Crippen LogP contribution in [0.25, 0.3) is 44.2 Å². The Morgan fingerprint density at radius 1 is 0.879 bits per heavy atom. The number of benzene rings is 4. The van der Waals surface area contributed by atoms with Gasteiger partial charge in [0.05, 0.1) is 12.2 Å². The predicted octanol–water partition coefficient (Wildman–Crippen LogP) is 6.34. The lowest BCUT2D eigenvalue weighted by molar-refractivity contribution is -0.120. The average molecular weight is 436 g/mol. The van der Waals surface area contributed by atoms with Crippen molar-refractivity contribution in [3.05, 3.63) is 84.9 Å². The third kappa shape index (κ3) is 3.34. The van der Waals surface area contributed by atoms with E-state index in [0.29, 0.717) is 36.4 Å². The van der Waals surface area contributed by atoms with E-state index in [1.807, 2.05) is 36.4 Å². The van der Waals surface area contributed by atoms with Crippen LogP contribution in [0.3, 0.4) is 0 Å². The zero-order chi connectivity index (χ0) is 22.9. The van der Waals surface area contributed by atoms with Gasteiger partial charge in [-0.05, 0) is 64.4 Å². The fourth-order valence-electron chi connectivity index (χ4n) is 4.46. The SMILES string of the molecule is C=CCCOc1ccc2c(-c3c(OC=O)ccc4c3-c3ccccc3-4)ccc(C(=O)O)c2c1. The number of carbonyl (C=O) groups is 2. The number of aromatic carboxylic acids is 1. The molecule has 1 aliphatic rings. The lowest BCUT2D eigenvalue weighted by atomic mass is 9.75. The Labute approximate surface area is 190 Å². The van der Waals surface area contributed by atoms with Crippen LogP contribution in [0.1, 0.15) is 16.8 Å². The summed E-state index contributed by atoms with van der Waals surface area (Å²) in [5.41, 5.74) is 5.99. The minimum absolute atomic E-state index is 0.177. The quantitative estimate of drug-likeness (QED) is 0.174. The van der Waals surface area contributed by atoms with Gasteiger partial charge in [0.15, 0.2) is 0 Å². The first kappa shape index (κ1) is 20.5. The van der Waals surface area contributed by atoms with E-state index < -0.39 is 5.97 Å². The van der Waals surface area contributed by atoms with Crippen molar-refractivity contribution in [2.45, 2.75) is 6.42 Å². The second-order valence-electron chi connectivity index (χ2n) is 7.72. The molecular weight excluding hydrogens is 416 g/mol. The van der Waals surface area contributed by atoms with Gasteiger partial charge in [-0.2, -0.15) is 0 Å². The molecule has 1 aliphatic carbocycles. The van der Waals surface area contributed by atoms with Crippen molar-refractivity contribution in [1.82, 2.24) is 0 Å². The fourth-order valence-corrected chi connectivity index (χ4v) is 4.46. The topological polar surface area (TPSA) is 72.8 Å². The van der Waals surface area contributed by atoms with E-state index in [1.54, 1.807) is 30.3 Å². The van der Waals surface area contributed by atoms with E-state index in [-0.39, 0.29) is 5.56 Å². The van der Waals surface area contributed by atoms with Crippen molar-refractivity contribution in [2.75, 3.05) is 6.61 Å². The summed E-state index contributed by atoms with van der Waals surface area (Å²) in [6, 6.07) is 20.6. The first-order valence-corrected chi connectivity index (χ1v) is 10.5. The van der Waals surface area contributed by atoms with Gasteiger partial charge in [0.2, 0.25) is 0 Å². The number of ether oxygens (including phenoxy) is 2. The summed E-state index contributed by atoms with van der Waals surface area (Å²) in [5.74, 6) is -0.0145. The van der Waals surface area contributed by atoms with E-state index in [4.69, 9.17) is 9.47 Å².